The number of hydrogen-bond acceptors (Lipinski definition) is 7. The number of allylic oxidation sites excluding steroid dienone is 2. The zero-order valence-electron chi connectivity index (χ0n) is 23.5. The first-order valence-corrected chi connectivity index (χ1v) is 13.8. The van der Waals surface area contributed by atoms with Gasteiger partial charge < -0.3 is 15.1 Å². The van der Waals surface area contributed by atoms with Crippen molar-refractivity contribution in [1.82, 2.24) is 20.2 Å². The molecule has 0 aliphatic heterocycles. The van der Waals surface area contributed by atoms with Gasteiger partial charge in [0, 0.05) is 29.3 Å². The van der Waals surface area contributed by atoms with Gasteiger partial charge in [-0.1, -0.05) is 51.1 Å². The summed E-state index contributed by atoms with van der Waals surface area (Å²) in [6, 6.07) is 17.1. The zero-order valence-corrected chi connectivity index (χ0v) is 23.5. The number of benzene rings is 3. The van der Waals surface area contributed by atoms with Crippen molar-refractivity contribution in [2.24, 2.45) is 0 Å². The predicted octanol–water partition coefficient (Wildman–Crippen LogP) is 8.31. The number of aryl methyl sites for hydroxylation is 2. The van der Waals surface area contributed by atoms with Crippen LogP contribution in [0.3, 0.4) is 0 Å². The molecule has 3 aromatic carbocycles. The number of halogens is 1. The molecule has 0 unspecified atom stereocenters. The first-order chi connectivity index (χ1) is 19.9. The van der Waals surface area contributed by atoms with Crippen LogP contribution in [0.4, 0.5) is 21.6 Å². The minimum atomic E-state index is -0.364. The van der Waals surface area contributed by atoms with E-state index in [1.165, 1.54) is 6.33 Å². The van der Waals surface area contributed by atoms with E-state index in [0.717, 1.165) is 63.8 Å². The topological polar surface area (TPSA) is 88.8 Å². The van der Waals surface area contributed by atoms with Gasteiger partial charge in [0.2, 0.25) is 11.8 Å². The maximum atomic E-state index is 15.3. The number of nitrogens with zero attached hydrogens (tertiary/aromatic N) is 4. The summed E-state index contributed by atoms with van der Waals surface area (Å²) in [6.07, 6.45) is 8.90. The van der Waals surface area contributed by atoms with Crippen molar-refractivity contribution in [1.29, 1.82) is 0 Å². The molecule has 0 saturated carbocycles. The van der Waals surface area contributed by atoms with Crippen molar-refractivity contribution in [3.05, 3.63) is 114 Å². The lowest BCUT2D eigenvalue weighted by molar-refractivity contribution is 0.532. The van der Waals surface area contributed by atoms with E-state index in [1.54, 1.807) is 19.1 Å². The van der Waals surface area contributed by atoms with Gasteiger partial charge in [-0.2, -0.15) is 0 Å². The second kappa shape index (κ2) is 12.6. The Kier molecular flexibility index (Phi) is 8.48. The van der Waals surface area contributed by atoms with Crippen LogP contribution < -0.4 is 10.6 Å². The Morgan fingerprint density at radius 2 is 1.85 bits per heavy atom. The van der Waals surface area contributed by atoms with Crippen LogP contribution >= 0.6 is 0 Å². The third-order valence-electron chi connectivity index (χ3n) is 6.62. The highest BCUT2D eigenvalue weighted by Crippen LogP contribution is 2.31. The van der Waals surface area contributed by atoms with Crippen molar-refractivity contribution < 1.29 is 8.81 Å². The van der Waals surface area contributed by atoms with Crippen LogP contribution in [-0.2, 0) is 12.8 Å². The van der Waals surface area contributed by atoms with Gasteiger partial charge in [0.15, 0.2) is 0 Å². The number of aromatic nitrogens is 4. The molecule has 0 atom stereocenters. The molecule has 2 aromatic heterocycles. The maximum Gasteiger partial charge on any atom is 0.247 e. The Bertz CT molecular complexity index is 1720. The molecule has 0 spiro atoms. The number of fused-ring (bicyclic) bond motifs is 1. The highest BCUT2D eigenvalue weighted by Gasteiger charge is 2.13. The summed E-state index contributed by atoms with van der Waals surface area (Å²) in [5.41, 5.74) is 6.70. The van der Waals surface area contributed by atoms with E-state index in [1.807, 2.05) is 42.5 Å². The smallest absolute Gasteiger partial charge is 0.247 e. The summed E-state index contributed by atoms with van der Waals surface area (Å²) in [5.74, 6) is 1.14. The molecule has 0 radical (unpaired) electrons. The Labute approximate surface area is 239 Å². The minimum absolute atomic E-state index is 0.339. The summed E-state index contributed by atoms with van der Waals surface area (Å²) in [4.78, 5) is 8.93. The molecule has 208 valence electrons. The highest BCUT2D eigenvalue weighted by molar-refractivity contribution is 5.94. The van der Waals surface area contributed by atoms with Gasteiger partial charge in [0.25, 0.3) is 0 Å². The fourth-order valence-corrected chi connectivity index (χ4v) is 4.67. The molecular formula is C33H33FN6O. The van der Waals surface area contributed by atoms with Crippen LogP contribution in [0, 0.1) is 12.7 Å². The Balaban J connectivity index is 1.39. The first kappa shape index (κ1) is 27.7. The summed E-state index contributed by atoms with van der Waals surface area (Å²) in [7, 11) is 0. The molecule has 2 heterocycles. The Morgan fingerprint density at radius 3 is 2.61 bits per heavy atom. The van der Waals surface area contributed by atoms with Crippen LogP contribution in [-0.4, -0.2) is 20.2 Å². The van der Waals surface area contributed by atoms with E-state index in [9.17, 15) is 0 Å². The fourth-order valence-electron chi connectivity index (χ4n) is 4.67. The number of hydrogen-bond donors (Lipinski definition) is 2. The summed E-state index contributed by atoms with van der Waals surface area (Å²) in [5, 5.41) is 15.4. The van der Waals surface area contributed by atoms with Gasteiger partial charge in [0.1, 0.15) is 18.0 Å². The van der Waals surface area contributed by atoms with Crippen LogP contribution in [0.15, 0.2) is 89.8 Å². The molecular weight excluding hydrogens is 515 g/mol. The van der Waals surface area contributed by atoms with Crippen LogP contribution in [0.2, 0.25) is 0 Å². The maximum absolute atomic E-state index is 15.3. The molecule has 41 heavy (non-hydrogen) atoms. The highest BCUT2D eigenvalue weighted by atomic mass is 19.1. The van der Waals surface area contributed by atoms with Gasteiger partial charge in [-0.05, 0) is 78.4 Å². The van der Waals surface area contributed by atoms with Crippen molar-refractivity contribution in [3.63, 3.8) is 0 Å². The summed E-state index contributed by atoms with van der Waals surface area (Å²) < 4.78 is 20.9. The Morgan fingerprint density at radius 1 is 1.00 bits per heavy atom. The van der Waals surface area contributed by atoms with Crippen molar-refractivity contribution in [2.45, 2.75) is 46.5 Å². The fraction of sp³-hybridized carbons (Fsp3) is 0.212. The van der Waals surface area contributed by atoms with Crippen molar-refractivity contribution in [2.75, 3.05) is 10.6 Å². The lowest BCUT2D eigenvalue weighted by Crippen LogP contribution is -2.03. The number of nitrogens with one attached hydrogen (secondary N) is 2. The van der Waals surface area contributed by atoms with Crippen molar-refractivity contribution in [3.8, 4) is 11.5 Å². The van der Waals surface area contributed by atoms with Crippen LogP contribution in [0.25, 0.3) is 22.4 Å². The van der Waals surface area contributed by atoms with E-state index in [0.29, 0.717) is 29.7 Å². The molecule has 0 saturated heterocycles. The normalized spacial score (nSPS) is 11.3. The molecule has 8 heteroatoms. The lowest BCUT2D eigenvalue weighted by Gasteiger charge is -2.15. The van der Waals surface area contributed by atoms with Gasteiger partial charge in [-0.25, -0.2) is 14.4 Å². The first-order valence-electron chi connectivity index (χ1n) is 13.8. The molecule has 0 aliphatic carbocycles. The van der Waals surface area contributed by atoms with E-state index in [4.69, 9.17) is 4.42 Å². The van der Waals surface area contributed by atoms with Crippen LogP contribution in [0.5, 0.6) is 0 Å². The second-order valence-corrected chi connectivity index (χ2v) is 9.90. The standard InChI is InChI=1S/C33H33FN6O/c1-5-7-10-21(3)37-30-19-27-31(18-25(30)9-6-2)35-20-36-32(27)38-29-14-13-24(17-28(29)34)15-23-11-8-12-26(16-23)33-40-39-22(4)41-33/h7-8,10-14,16-20,37H,3,5-6,9,15H2,1-2,4H3,(H,35,36,38)/b10-7+. The van der Waals surface area contributed by atoms with Crippen LogP contribution in [0.1, 0.15) is 49.3 Å². The van der Waals surface area contributed by atoms with Gasteiger partial charge in [0.05, 0.1) is 11.2 Å². The number of rotatable bonds is 11. The third kappa shape index (κ3) is 6.66. The quantitative estimate of drug-likeness (QED) is 0.160. The number of anilines is 3. The van der Waals surface area contributed by atoms with E-state index >= 15 is 4.39 Å². The van der Waals surface area contributed by atoms with E-state index in [-0.39, 0.29) is 5.82 Å². The average Bonchev–Trinajstić information content (AvgIpc) is 3.40. The van der Waals surface area contributed by atoms with E-state index < -0.39 is 0 Å². The molecule has 2 N–H and O–H groups in total. The lowest BCUT2D eigenvalue weighted by atomic mass is 10.0. The van der Waals surface area contributed by atoms with Gasteiger partial charge in [-0.3, -0.25) is 0 Å². The van der Waals surface area contributed by atoms with Gasteiger partial charge >= 0.3 is 0 Å². The molecule has 0 bridgehead atoms. The summed E-state index contributed by atoms with van der Waals surface area (Å²) >= 11 is 0. The second-order valence-electron chi connectivity index (χ2n) is 9.90. The largest absolute Gasteiger partial charge is 0.421 e. The monoisotopic (exact) mass is 548 g/mol. The molecule has 5 aromatic rings. The SMILES string of the molecule is C=C(/C=C/CC)Nc1cc2c(Nc3ccc(Cc4cccc(-c5nnc(C)o5)c4)cc3F)ncnc2cc1CCC. The molecule has 5 rings (SSSR count). The van der Waals surface area contributed by atoms with Crippen molar-refractivity contribution >= 4 is 28.1 Å². The zero-order chi connectivity index (χ0) is 28.8. The molecule has 7 nitrogen and oxygen atoms in total. The van der Waals surface area contributed by atoms with Gasteiger partial charge in [-0.15, -0.1) is 10.2 Å². The predicted molar refractivity (Wildman–Crippen MR) is 163 cm³/mol. The van der Waals surface area contributed by atoms with E-state index in [2.05, 4.69) is 63.4 Å². The Hall–Kier alpha value is -4.85. The molecule has 0 fully saturated rings. The minimum Gasteiger partial charge on any atom is -0.421 e. The average molecular weight is 549 g/mol. The third-order valence-corrected chi connectivity index (χ3v) is 6.62. The summed E-state index contributed by atoms with van der Waals surface area (Å²) in [6.45, 7) is 10.1. The molecule has 0 aliphatic rings. The molecule has 0 amide bonds.